The molecule has 2 aliphatic rings. The number of rotatable bonds is 7. The van der Waals surface area contributed by atoms with Crippen LogP contribution in [0.5, 0.6) is 0 Å². The molecule has 0 radical (unpaired) electrons. The highest BCUT2D eigenvalue weighted by atomic mass is 16.1. The van der Waals surface area contributed by atoms with E-state index in [9.17, 15) is 4.79 Å². The summed E-state index contributed by atoms with van der Waals surface area (Å²) in [4.78, 5) is 18.8. The zero-order valence-electron chi connectivity index (χ0n) is 20.2. The fourth-order valence-corrected chi connectivity index (χ4v) is 6.15. The summed E-state index contributed by atoms with van der Waals surface area (Å²) in [6, 6.07) is 7.33. The van der Waals surface area contributed by atoms with Crippen molar-refractivity contribution in [2.45, 2.75) is 103 Å². The summed E-state index contributed by atoms with van der Waals surface area (Å²) >= 11 is 0. The maximum atomic E-state index is 13.2. The summed E-state index contributed by atoms with van der Waals surface area (Å²) in [7, 11) is 0. The average molecular weight is 449 g/mol. The quantitative estimate of drug-likeness (QED) is 0.541. The lowest BCUT2D eigenvalue weighted by atomic mass is 10.0. The van der Waals surface area contributed by atoms with Crippen molar-refractivity contribution in [2.75, 3.05) is 0 Å². The van der Waals surface area contributed by atoms with Crippen molar-refractivity contribution in [1.82, 2.24) is 30.1 Å². The molecule has 0 aliphatic heterocycles. The molecule has 0 spiro atoms. The summed E-state index contributed by atoms with van der Waals surface area (Å²) in [6.45, 7) is 7.04. The summed E-state index contributed by atoms with van der Waals surface area (Å²) in [5.74, 6) is 0.973. The SMILES string of the molecule is CC[C@H](c1nnnn1C1CCCC1)N(Cc1cc2c(C)cc(C)cc2[nH]c1=O)C1CCCC1. The van der Waals surface area contributed by atoms with Gasteiger partial charge in [0.2, 0.25) is 0 Å². The highest BCUT2D eigenvalue weighted by molar-refractivity contribution is 5.83. The number of aromatic amines is 1. The molecule has 2 saturated carbocycles. The Morgan fingerprint density at radius 2 is 1.82 bits per heavy atom. The van der Waals surface area contributed by atoms with Gasteiger partial charge in [0.25, 0.3) is 5.56 Å². The molecule has 2 heterocycles. The Morgan fingerprint density at radius 1 is 1.09 bits per heavy atom. The first kappa shape index (κ1) is 22.3. The Balaban J connectivity index is 1.53. The van der Waals surface area contributed by atoms with Crippen molar-refractivity contribution < 1.29 is 0 Å². The van der Waals surface area contributed by atoms with Crippen LogP contribution in [-0.4, -0.2) is 36.1 Å². The number of H-pyrrole nitrogens is 1. The van der Waals surface area contributed by atoms with Crippen LogP contribution in [0.25, 0.3) is 10.9 Å². The molecule has 0 unspecified atom stereocenters. The van der Waals surface area contributed by atoms with Gasteiger partial charge >= 0.3 is 0 Å². The van der Waals surface area contributed by atoms with E-state index in [1.54, 1.807) is 0 Å². The van der Waals surface area contributed by atoms with Crippen LogP contribution in [0.4, 0.5) is 0 Å². The third-order valence-corrected chi connectivity index (χ3v) is 7.81. The molecule has 0 saturated heterocycles. The van der Waals surface area contributed by atoms with E-state index in [0.29, 0.717) is 18.6 Å². The smallest absolute Gasteiger partial charge is 0.252 e. The van der Waals surface area contributed by atoms with E-state index >= 15 is 0 Å². The number of nitrogens with one attached hydrogen (secondary N) is 1. The molecule has 176 valence electrons. The molecule has 0 amide bonds. The largest absolute Gasteiger partial charge is 0.322 e. The van der Waals surface area contributed by atoms with Crippen molar-refractivity contribution in [3.05, 3.63) is 51.1 Å². The first-order valence-electron chi connectivity index (χ1n) is 12.7. The van der Waals surface area contributed by atoms with E-state index in [4.69, 9.17) is 0 Å². The van der Waals surface area contributed by atoms with Crippen LogP contribution in [0, 0.1) is 13.8 Å². The van der Waals surface area contributed by atoms with Crippen LogP contribution < -0.4 is 5.56 Å². The lowest BCUT2D eigenvalue weighted by Crippen LogP contribution is -2.39. The number of hydrogen-bond acceptors (Lipinski definition) is 5. The maximum Gasteiger partial charge on any atom is 0.252 e. The van der Waals surface area contributed by atoms with Crippen molar-refractivity contribution in [3.63, 3.8) is 0 Å². The predicted octanol–water partition coefficient (Wildman–Crippen LogP) is 5.14. The zero-order valence-corrected chi connectivity index (χ0v) is 20.2. The van der Waals surface area contributed by atoms with Gasteiger partial charge in [0, 0.05) is 29.1 Å². The maximum absolute atomic E-state index is 13.2. The summed E-state index contributed by atoms with van der Waals surface area (Å²) in [5.41, 5.74) is 4.14. The van der Waals surface area contributed by atoms with Crippen molar-refractivity contribution >= 4 is 10.9 Å². The van der Waals surface area contributed by atoms with Gasteiger partial charge in [-0.15, -0.1) is 5.10 Å². The molecule has 0 bridgehead atoms. The van der Waals surface area contributed by atoms with Crippen LogP contribution in [0.15, 0.2) is 23.0 Å². The van der Waals surface area contributed by atoms with Gasteiger partial charge in [0.05, 0.1) is 12.1 Å². The van der Waals surface area contributed by atoms with E-state index in [0.717, 1.165) is 41.6 Å². The Bertz CT molecular complexity index is 1170. The van der Waals surface area contributed by atoms with E-state index < -0.39 is 0 Å². The highest BCUT2D eigenvalue weighted by Gasteiger charge is 2.34. The standard InChI is InChI=1S/C26H36N6O/c1-4-24(25-28-29-30-32(25)21-11-7-8-12-21)31(20-9-5-6-10-20)16-19-15-22-18(3)13-17(2)14-23(22)27-26(19)33/h13-15,20-21,24H,4-12,16H2,1-3H3,(H,27,33)/t24-/m1/s1. The van der Waals surface area contributed by atoms with Gasteiger partial charge in [-0.3, -0.25) is 9.69 Å². The van der Waals surface area contributed by atoms with Gasteiger partial charge in [-0.1, -0.05) is 38.7 Å². The van der Waals surface area contributed by atoms with Crippen LogP contribution >= 0.6 is 0 Å². The number of tetrazole rings is 1. The summed E-state index contributed by atoms with van der Waals surface area (Å²) < 4.78 is 2.10. The monoisotopic (exact) mass is 448 g/mol. The normalized spacial score (nSPS) is 18.7. The lowest BCUT2D eigenvalue weighted by molar-refractivity contribution is 0.110. The lowest BCUT2D eigenvalue weighted by Gasteiger charge is -2.35. The Labute approximate surface area is 195 Å². The number of hydrogen-bond donors (Lipinski definition) is 1. The summed E-state index contributed by atoms with van der Waals surface area (Å²) in [6.07, 6.45) is 10.6. The second-order valence-electron chi connectivity index (χ2n) is 10.1. The van der Waals surface area contributed by atoms with E-state index in [1.165, 1.54) is 49.7 Å². The first-order valence-corrected chi connectivity index (χ1v) is 12.7. The van der Waals surface area contributed by atoms with E-state index in [2.05, 4.69) is 69.1 Å². The number of aromatic nitrogens is 5. The molecule has 33 heavy (non-hydrogen) atoms. The molecule has 1 aromatic carbocycles. The minimum atomic E-state index is 0.0146. The minimum Gasteiger partial charge on any atom is -0.322 e. The van der Waals surface area contributed by atoms with Crippen molar-refractivity contribution in [3.8, 4) is 0 Å². The van der Waals surface area contributed by atoms with Crippen LogP contribution in [0.1, 0.15) is 99.3 Å². The van der Waals surface area contributed by atoms with Gasteiger partial charge < -0.3 is 4.98 Å². The third-order valence-electron chi connectivity index (χ3n) is 7.81. The second-order valence-corrected chi connectivity index (χ2v) is 10.1. The molecule has 1 N–H and O–H groups in total. The number of benzene rings is 1. The number of nitrogens with zero attached hydrogens (tertiary/aromatic N) is 5. The minimum absolute atomic E-state index is 0.0146. The van der Waals surface area contributed by atoms with Crippen molar-refractivity contribution in [2.24, 2.45) is 0 Å². The van der Waals surface area contributed by atoms with Crippen molar-refractivity contribution in [1.29, 1.82) is 0 Å². The Hall–Kier alpha value is -2.54. The number of aryl methyl sites for hydroxylation is 2. The van der Waals surface area contributed by atoms with Gasteiger partial charge in [-0.2, -0.15) is 0 Å². The highest BCUT2D eigenvalue weighted by Crippen LogP contribution is 2.36. The molecule has 7 heteroatoms. The van der Waals surface area contributed by atoms with Crippen LogP contribution in [0.2, 0.25) is 0 Å². The van der Waals surface area contributed by atoms with E-state index in [1.807, 2.05) is 0 Å². The second kappa shape index (κ2) is 9.37. The van der Waals surface area contributed by atoms with Gasteiger partial charge in [-0.05, 0) is 79.6 Å². The molecular formula is C26H36N6O. The fourth-order valence-electron chi connectivity index (χ4n) is 6.15. The topological polar surface area (TPSA) is 79.7 Å². The molecule has 2 aliphatic carbocycles. The van der Waals surface area contributed by atoms with Crippen LogP contribution in [0.3, 0.4) is 0 Å². The fraction of sp³-hybridized carbons (Fsp3) is 0.615. The molecule has 2 aromatic heterocycles. The molecule has 2 fully saturated rings. The third kappa shape index (κ3) is 4.35. The Morgan fingerprint density at radius 3 is 2.55 bits per heavy atom. The van der Waals surface area contributed by atoms with E-state index in [-0.39, 0.29) is 11.6 Å². The molecule has 7 nitrogen and oxygen atoms in total. The predicted molar refractivity (Wildman–Crippen MR) is 130 cm³/mol. The number of pyridine rings is 1. The molecule has 3 aromatic rings. The first-order chi connectivity index (χ1) is 16.0. The summed E-state index contributed by atoms with van der Waals surface area (Å²) in [5, 5.41) is 14.2. The zero-order chi connectivity index (χ0) is 22.9. The van der Waals surface area contributed by atoms with Gasteiger partial charge in [0.15, 0.2) is 5.82 Å². The van der Waals surface area contributed by atoms with Gasteiger partial charge in [0.1, 0.15) is 0 Å². The molecule has 1 atom stereocenters. The molecular weight excluding hydrogens is 412 g/mol. The Kier molecular flexibility index (Phi) is 6.32. The number of fused-ring (bicyclic) bond motifs is 1. The molecule has 5 rings (SSSR count). The average Bonchev–Trinajstić information content (AvgIpc) is 3.56. The van der Waals surface area contributed by atoms with Crippen LogP contribution in [-0.2, 0) is 6.54 Å². The van der Waals surface area contributed by atoms with Gasteiger partial charge in [-0.25, -0.2) is 4.68 Å².